The summed E-state index contributed by atoms with van der Waals surface area (Å²) in [5.41, 5.74) is 3.20. The molecular formula is C16H15NO4S. The number of hydrogen-bond donors (Lipinski definition) is 0. The van der Waals surface area contributed by atoms with Gasteiger partial charge in [-0.05, 0) is 35.8 Å². The Balaban J connectivity index is 2.38. The zero-order chi connectivity index (χ0) is 16.2. The highest BCUT2D eigenvalue weighted by atomic mass is 32.2. The van der Waals surface area contributed by atoms with E-state index in [2.05, 4.69) is 9.44 Å². The average molecular weight is 317 g/mol. The van der Waals surface area contributed by atoms with Crippen LogP contribution in [-0.4, -0.2) is 26.7 Å². The maximum atomic E-state index is 11.4. The fourth-order valence-corrected chi connectivity index (χ4v) is 2.17. The zero-order valence-corrected chi connectivity index (χ0v) is 13.0. The molecule has 0 amide bonds. The smallest absolute Gasteiger partial charge is 0.298 e. The summed E-state index contributed by atoms with van der Waals surface area (Å²) in [4.78, 5) is 11.4. The second-order valence-corrected chi connectivity index (χ2v) is 6.33. The summed E-state index contributed by atoms with van der Waals surface area (Å²) < 4.78 is 26.3. The maximum absolute atomic E-state index is 11.4. The molecule has 0 fully saturated rings. The van der Waals surface area contributed by atoms with E-state index in [4.69, 9.17) is 0 Å². The molecule has 0 unspecified atom stereocenters. The third-order valence-corrected chi connectivity index (χ3v) is 3.33. The lowest BCUT2D eigenvalue weighted by Crippen LogP contribution is -2.06. The second kappa shape index (κ2) is 6.53. The van der Waals surface area contributed by atoms with Gasteiger partial charge >= 0.3 is 10.1 Å². The van der Waals surface area contributed by atoms with Crippen molar-refractivity contribution in [3.05, 3.63) is 65.3 Å². The van der Waals surface area contributed by atoms with Gasteiger partial charge < -0.3 is 0 Å². The number of rotatable bonds is 4. The molecule has 0 N–H and O–H groups in total. The van der Waals surface area contributed by atoms with Gasteiger partial charge in [-0.25, -0.2) is 0 Å². The average Bonchev–Trinajstić information content (AvgIpc) is 2.47. The molecule has 0 saturated carbocycles. The van der Waals surface area contributed by atoms with Gasteiger partial charge in [0.05, 0.1) is 6.26 Å². The molecule has 6 heteroatoms. The minimum Gasteiger partial charge on any atom is -0.298 e. The van der Waals surface area contributed by atoms with Crippen molar-refractivity contribution < 1.29 is 17.5 Å². The summed E-state index contributed by atoms with van der Waals surface area (Å²) in [6, 6.07) is 9.29. The Bertz CT molecular complexity index is 800. The van der Waals surface area contributed by atoms with Crippen molar-refractivity contribution >= 4 is 27.7 Å². The number of nitrogens with zero attached hydrogens (tertiary/aromatic N) is 1. The minimum absolute atomic E-state index is 0.396. The molecule has 2 rings (SSSR count). The molecule has 0 bridgehead atoms. The molecule has 1 aliphatic carbocycles. The standard InChI is InChI=1S/C16H15NO4S/c1-12-10-14(8-9-16(12)17-21-22(2,19)20)15(11-18)13-6-4-3-5-7-13/h3-11H,1-2H3. The van der Waals surface area contributed by atoms with E-state index in [1.54, 1.807) is 25.2 Å². The molecule has 0 atom stereocenters. The predicted molar refractivity (Wildman–Crippen MR) is 85.7 cm³/mol. The van der Waals surface area contributed by atoms with E-state index in [0.29, 0.717) is 16.9 Å². The van der Waals surface area contributed by atoms with Gasteiger partial charge in [0.15, 0.2) is 6.29 Å². The summed E-state index contributed by atoms with van der Waals surface area (Å²) in [6.45, 7) is 1.77. The van der Waals surface area contributed by atoms with Crippen molar-refractivity contribution in [1.29, 1.82) is 0 Å². The van der Waals surface area contributed by atoms with Crippen LogP contribution in [0.5, 0.6) is 0 Å². The fourth-order valence-electron chi connectivity index (χ4n) is 1.95. The van der Waals surface area contributed by atoms with Gasteiger partial charge in [0.25, 0.3) is 0 Å². The van der Waals surface area contributed by atoms with Crippen LogP contribution in [0.1, 0.15) is 12.5 Å². The normalized spacial score (nSPS) is 18.8. The lowest BCUT2D eigenvalue weighted by molar-refractivity contribution is -0.103. The van der Waals surface area contributed by atoms with Crippen LogP contribution in [-0.2, 0) is 19.2 Å². The molecule has 0 spiro atoms. The van der Waals surface area contributed by atoms with Crippen LogP contribution in [0.15, 0.2) is 64.9 Å². The first-order chi connectivity index (χ1) is 10.4. The van der Waals surface area contributed by atoms with Gasteiger partial charge in [0.1, 0.15) is 5.71 Å². The van der Waals surface area contributed by atoms with Crippen molar-refractivity contribution in [2.45, 2.75) is 6.92 Å². The SMILES string of the molecule is CC1=CC(=C(C=O)c2ccccc2)C=CC1=NOS(C)(=O)=O. The Labute approximate surface area is 129 Å². The molecule has 0 saturated heterocycles. The van der Waals surface area contributed by atoms with Crippen molar-refractivity contribution in [3.63, 3.8) is 0 Å². The molecule has 5 nitrogen and oxygen atoms in total. The summed E-state index contributed by atoms with van der Waals surface area (Å²) in [7, 11) is -3.64. The van der Waals surface area contributed by atoms with Crippen molar-refractivity contribution in [3.8, 4) is 0 Å². The third kappa shape index (κ3) is 4.02. The van der Waals surface area contributed by atoms with Gasteiger partial charge in [0.2, 0.25) is 0 Å². The van der Waals surface area contributed by atoms with Crippen LogP contribution in [0.4, 0.5) is 0 Å². The number of carbonyl (C=O) groups is 1. The Morgan fingerprint density at radius 2 is 1.86 bits per heavy atom. The van der Waals surface area contributed by atoms with Crippen LogP contribution in [0.3, 0.4) is 0 Å². The fraction of sp³-hybridized carbons (Fsp3) is 0.125. The first kappa shape index (κ1) is 15.9. The molecule has 1 aromatic rings. The molecule has 0 aliphatic heterocycles. The van der Waals surface area contributed by atoms with Gasteiger partial charge in [-0.2, -0.15) is 8.42 Å². The van der Waals surface area contributed by atoms with E-state index < -0.39 is 10.1 Å². The van der Waals surface area contributed by atoms with E-state index in [0.717, 1.165) is 23.7 Å². The monoisotopic (exact) mass is 317 g/mol. The first-order valence-corrected chi connectivity index (χ1v) is 8.30. The Kier molecular flexibility index (Phi) is 4.72. The maximum Gasteiger partial charge on any atom is 0.325 e. The highest BCUT2D eigenvalue weighted by Gasteiger charge is 2.12. The number of allylic oxidation sites excluding steroid dienone is 6. The topological polar surface area (TPSA) is 72.8 Å². The van der Waals surface area contributed by atoms with Crippen molar-refractivity contribution in [1.82, 2.24) is 0 Å². The molecule has 0 radical (unpaired) electrons. The van der Waals surface area contributed by atoms with Crippen LogP contribution in [0.25, 0.3) is 5.57 Å². The lowest BCUT2D eigenvalue weighted by atomic mass is 9.94. The quantitative estimate of drug-likeness (QED) is 0.486. The Hall–Kier alpha value is -2.47. The highest BCUT2D eigenvalue weighted by molar-refractivity contribution is 7.85. The van der Waals surface area contributed by atoms with E-state index in [9.17, 15) is 13.2 Å². The predicted octanol–water partition coefficient (Wildman–Crippen LogP) is 2.49. The summed E-state index contributed by atoms with van der Waals surface area (Å²) in [5.74, 6) is 0. The third-order valence-electron chi connectivity index (χ3n) is 2.98. The summed E-state index contributed by atoms with van der Waals surface area (Å²) in [6.07, 6.45) is 6.81. The number of aldehydes is 1. The molecule has 1 aliphatic rings. The van der Waals surface area contributed by atoms with Crippen LogP contribution in [0, 0.1) is 0 Å². The Morgan fingerprint density at radius 1 is 1.18 bits per heavy atom. The van der Waals surface area contributed by atoms with E-state index in [1.165, 1.54) is 0 Å². The number of carbonyl (C=O) groups excluding carboxylic acids is 1. The van der Waals surface area contributed by atoms with Gasteiger partial charge in [0, 0.05) is 5.57 Å². The van der Waals surface area contributed by atoms with E-state index >= 15 is 0 Å². The second-order valence-electron chi connectivity index (χ2n) is 4.77. The Morgan fingerprint density at radius 3 is 2.41 bits per heavy atom. The minimum atomic E-state index is -3.64. The lowest BCUT2D eigenvalue weighted by Gasteiger charge is -2.11. The molecular weight excluding hydrogens is 302 g/mol. The molecule has 22 heavy (non-hydrogen) atoms. The van der Waals surface area contributed by atoms with Gasteiger partial charge in [-0.3, -0.25) is 9.08 Å². The van der Waals surface area contributed by atoms with E-state index in [1.807, 2.05) is 30.3 Å². The molecule has 114 valence electrons. The number of oxime groups is 1. The van der Waals surface area contributed by atoms with Gasteiger partial charge in [-0.15, -0.1) is 0 Å². The first-order valence-electron chi connectivity index (χ1n) is 6.49. The van der Waals surface area contributed by atoms with Crippen molar-refractivity contribution in [2.24, 2.45) is 5.16 Å². The number of benzene rings is 1. The summed E-state index contributed by atoms with van der Waals surface area (Å²) >= 11 is 0. The molecule has 1 aromatic carbocycles. The zero-order valence-electron chi connectivity index (χ0n) is 12.2. The van der Waals surface area contributed by atoms with Gasteiger partial charge in [-0.1, -0.05) is 41.6 Å². The number of hydrogen-bond acceptors (Lipinski definition) is 5. The largest absolute Gasteiger partial charge is 0.325 e. The summed E-state index contributed by atoms with van der Waals surface area (Å²) in [5, 5.41) is 3.59. The van der Waals surface area contributed by atoms with Crippen LogP contribution >= 0.6 is 0 Å². The van der Waals surface area contributed by atoms with E-state index in [-0.39, 0.29) is 0 Å². The highest BCUT2D eigenvalue weighted by Crippen LogP contribution is 2.23. The van der Waals surface area contributed by atoms with Crippen LogP contribution in [0.2, 0.25) is 0 Å². The van der Waals surface area contributed by atoms with Crippen molar-refractivity contribution in [2.75, 3.05) is 6.26 Å². The molecule has 0 aromatic heterocycles. The van der Waals surface area contributed by atoms with Crippen LogP contribution < -0.4 is 0 Å². The molecule has 0 heterocycles.